The lowest BCUT2D eigenvalue weighted by atomic mass is 10.4. The third kappa shape index (κ3) is 2.74. The molecular formula is C10H11N3OS. The number of anilines is 1. The summed E-state index contributed by atoms with van der Waals surface area (Å²) in [5.74, 6) is 0.551. The second-order valence-corrected chi connectivity index (χ2v) is 3.99. The number of hydrogen-bond acceptors (Lipinski definition) is 5. The quantitative estimate of drug-likeness (QED) is 0.824. The molecule has 2 aromatic rings. The summed E-state index contributed by atoms with van der Waals surface area (Å²) in [6.45, 7) is 0.656. The molecule has 5 heteroatoms. The Morgan fingerprint density at radius 3 is 3.07 bits per heavy atom. The van der Waals surface area contributed by atoms with Crippen molar-refractivity contribution >= 4 is 17.3 Å². The van der Waals surface area contributed by atoms with Gasteiger partial charge in [-0.2, -0.15) is 0 Å². The largest absolute Gasteiger partial charge is 0.390 e. The number of hydrogen-bond donors (Lipinski definition) is 2. The van der Waals surface area contributed by atoms with Crippen molar-refractivity contribution in [1.29, 1.82) is 0 Å². The molecule has 2 aromatic heterocycles. The summed E-state index contributed by atoms with van der Waals surface area (Å²) in [6.07, 6.45) is 1.63. The summed E-state index contributed by atoms with van der Waals surface area (Å²) in [7, 11) is 0. The first kappa shape index (κ1) is 10.1. The molecule has 2 N–H and O–H groups in total. The third-order valence-electron chi connectivity index (χ3n) is 1.88. The van der Waals surface area contributed by atoms with Crippen LogP contribution in [-0.4, -0.2) is 15.1 Å². The molecule has 0 saturated heterocycles. The molecule has 15 heavy (non-hydrogen) atoms. The number of nitrogens with one attached hydrogen (secondary N) is 1. The average molecular weight is 221 g/mol. The first-order valence-electron chi connectivity index (χ1n) is 4.57. The van der Waals surface area contributed by atoms with Crippen molar-refractivity contribution in [3.05, 3.63) is 40.3 Å². The van der Waals surface area contributed by atoms with Gasteiger partial charge < -0.3 is 10.4 Å². The van der Waals surface area contributed by atoms with Gasteiger partial charge in [0.05, 0.1) is 18.8 Å². The van der Waals surface area contributed by atoms with E-state index >= 15 is 0 Å². The van der Waals surface area contributed by atoms with Gasteiger partial charge in [0.1, 0.15) is 0 Å². The fraction of sp³-hybridized carbons (Fsp3) is 0.200. The highest BCUT2D eigenvalue weighted by Crippen LogP contribution is 2.10. The second-order valence-electron chi connectivity index (χ2n) is 2.96. The minimum absolute atomic E-state index is 0.0593. The zero-order valence-corrected chi connectivity index (χ0v) is 8.87. The highest BCUT2D eigenvalue weighted by Gasteiger charge is 1.98. The Hall–Kier alpha value is -1.46. The zero-order chi connectivity index (χ0) is 10.5. The summed E-state index contributed by atoms with van der Waals surface area (Å²) in [4.78, 5) is 9.41. The van der Waals surface area contributed by atoms with E-state index in [0.717, 1.165) is 0 Å². The predicted molar refractivity (Wildman–Crippen MR) is 59.6 cm³/mol. The Morgan fingerprint density at radius 1 is 1.40 bits per heavy atom. The van der Waals surface area contributed by atoms with Gasteiger partial charge in [0.15, 0.2) is 0 Å². The van der Waals surface area contributed by atoms with Gasteiger partial charge in [0, 0.05) is 11.1 Å². The SMILES string of the molecule is OCc1ccnc(NCc2cccs2)n1. The molecule has 0 saturated carbocycles. The van der Waals surface area contributed by atoms with E-state index in [0.29, 0.717) is 18.2 Å². The van der Waals surface area contributed by atoms with Crippen LogP contribution in [0.5, 0.6) is 0 Å². The van der Waals surface area contributed by atoms with E-state index in [-0.39, 0.29) is 6.61 Å². The van der Waals surface area contributed by atoms with Gasteiger partial charge in [-0.15, -0.1) is 11.3 Å². The third-order valence-corrected chi connectivity index (χ3v) is 2.75. The Morgan fingerprint density at radius 2 is 2.33 bits per heavy atom. The monoisotopic (exact) mass is 221 g/mol. The molecule has 0 aromatic carbocycles. The van der Waals surface area contributed by atoms with Crippen molar-refractivity contribution in [2.75, 3.05) is 5.32 Å². The minimum atomic E-state index is -0.0593. The number of thiophene rings is 1. The molecule has 2 rings (SSSR count). The standard InChI is InChI=1S/C10H11N3OS/c14-7-8-3-4-11-10(13-8)12-6-9-2-1-5-15-9/h1-5,14H,6-7H2,(H,11,12,13). The molecule has 0 aliphatic rings. The van der Waals surface area contributed by atoms with E-state index in [4.69, 9.17) is 5.11 Å². The van der Waals surface area contributed by atoms with Gasteiger partial charge in [-0.3, -0.25) is 0 Å². The van der Waals surface area contributed by atoms with Crippen molar-refractivity contribution in [3.8, 4) is 0 Å². The second kappa shape index (κ2) is 4.86. The van der Waals surface area contributed by atoms with Gasteiger partial charge >= 0.3 is 0 Å². The number of nitrogens with zero attached hydrogens (tertiary/aromatic N) is 2. The van der Waals surface area contributed by atoms with Crippen molar-refractivity contribution in [2.24, 2.45) is 0 Å². The summed E-state index contributed by atoms with van der Waals surface area (Å²) in [6, 6.07) is 5.75. The van der Waals surface area contributed by atoms with E-state index in [1.807, 2.05) is 17.5 Å². The molecule has 0 radical (unpaired) electrons. The van der Waals surface area contributed by atoms with Crippen LogP contribution >= 0.6 is 11.3 Å². The van der Waals surface area contributed by atoms with E-state index in [2.05, 4.69) is 15.3 Å². The van der Waals surface area contributed by atoms with Crippen LogP contribution < -0.4 is 5.32 Å². The van der Waals surface area contributed by atoms with Crippen LogP contribution in [0.25, 0.3) is 0 Å². The summed E-state index contributed by atoms with van der Waals surface area (Å²) < 4.78 is 0. The molecule has 78 valence electrons. The topological polar surface area (TPSA) is 58.0 Å². The maximum absolute atomic E-state index is 8.90. The fourth-order valence-electron chi connectivity index (χ4n) is 1.15. The normalized spacial score (nSPS) is 10.2. The molecule has 0 atom stereocenters. The van der Waals surface area contributed by atoms with Crippen LogP contribution in [0, 0.1) is 0 Å². The van der Waals surface area contributed by atoms with Crippen molar-refractivity contribution in [1.82, 2.24) is 9.97 Å². The molecule has 0 fully saturated rings. The summed E-state index contributed by atoms with van der Waals surface area (Å²) in [5.41, 5.74) is 0.624. The van der Waals surface area contributed by atoms with Crippen LogP contribution in [-0.2, 0) is 13.2 Å². The lowest BCUT2D eigenvalue weighted by molar-refractivity contribution is 0.277. The number of rotatable bonds is 4. The first-order chi connectivity index (χ1) is 7.38. The Balaban J connectivity index is 1.98. The lowest BCUT2D eigenvalue weighted by Gasteiger charge is -2.03. The van der Waals surface area contributed by atoms with E-state index in [1.54, 1.807) is 23.6 Å². The molecule has 0 bridgehead atoms. The molecular weight excluding hydrogens is 210 g/mol. The predicted octanol–water partition coefficient (Wildman–Crippen LogP) is 1.64. The minimum Gasteiger partial charge on any atom is -0.390 e. The van der Waals surface area contributed by atoms with Crippen LogP contribution in [0.4, 0.5) is 5.95 Å². The summed E-state index contributed by atoms with van der Waals surface area (Å²) in [5, 5.41) is 14.0. The van der Waals surface area contributed by atoms with Gasteiger partial charge in [0.2, 0.25) is 5.95 Å². The molecule has 0 amide bonds. The Kier molecular flexibility index (Phi) is 3.26. The fourth-order valence-corrected chi connectivity index (χ4v) is 1.79. The van der Waals surface area contributed by atoms with Crippen molar-refractivity contribution in [2.45, 2.75) is 13.2 Å². The van der Waals surface area contributed by atoms with E-state index in [9.17, 15) is 0 Å². The number of aliphatic hydroxyl groups is 1. The maximum Gasteiger partial charge on any atom is 0.223 e. The lowest BCUT2D eigenvalue weighted by Crippen LogP contribution is -2.03. The molecule has 0 aliphatic carbocycles. The Labute approximate surface area is 91.6 Å². The van der Waals surface area contributed by atoms with Crippen LogP contribution in [0.2, 0.25) is 0 Å². The maximum atomic E-state index is 8.90. The van der Waals surface area contributed by atoms with Gasteiger partial charge in [-0.1, -0.05) is 6.07 Å². The average Bonchev–Trinajstić information content (AvgIpc) is 2.79. The highest BCUT2D eigenvalue weighted by atomic mass is 32.1. The molecule has 0 aliphatic heterocycles. The van der Waals surface area contributed by atoms with Crippen molar-refractivity contribution in [3.63, 3.8) is 0 Å². The molecule has 2 heterocycles. The van der Waals surface area contributed by atoms with Crippen LogP contribution in [0.3, 0.4) is 0 Å². The number of aliphatic hydroxyl groups excluding tert-OH is 1. The zero-order valence-electron chi connectivity index (χ0n) is 8.05. The highest BCUT2D eigenvalue weighted by molar-refractivity contribution is 7.09. The van der Waals surface area contributed by atoms with Gasteiger partial charge in [-0.05, 0) is 17.5 Å². The molecule has 0 unspecified atom stereocenters. The van der Waals surface area contributed by atoms with Gasteiger partial charge in [-0.25, -0.2) is 9.97 Å². The van der Waals surface area contributed by atoms with E-state index < -0.39 is 0 Å². The molecule has 0 spiro atoms. The molecule has 4 nitrogen and oxygen atoms in total. The first-order valence-corrected chi connectivity index (χ1v) is 5.45. The van der Waals surface area contributed by atoms with Crippen LogP contribution in [0.15, 0.2) is 29.8 Å². The smallest absolute Gasteiger partial charge is 0.223 e. The van der Waals surface area contributed by atoms with Crippen molar-refractivity contribution < 1.29 is 5.11 Å². The summed E-state index contributed by atoms with van der Waals surface area (Å²) >= 11 is 1.68. The number of aromatic nitrogens is 2. The van der Waals surface area contributed by atoms with Crippen LogP contribution in [0.1, 0.15) is 10.6 Å². The van der Waals surface area contributed by atoms with Gasteiger partial charge in [0.25, 0.3) is 0 Å². The van der Waals surface area contributed by atoms with E-state index in [1.165, 1.54) is 4.88 Å². The Bertz CT molecular complexity index is 416.